The van der Waals surface area contributed by atoms with Gasteiger partial charge in [0.1, 0.15) is 5.41 Å². The molecule has 1 aliphatic carbocycles. The molecule has 0 unspecified atom stereocenters. The first-order chi connectivity index (χ1) is 8.02. The summed E-state index contributed by atoms with van der Waals surface area (Å²) < 4.78 is 16.4. The van der Waals surface area contributed by atoms with Gasteiger partial charge in [0.2, 0.25) is 0 Å². The molecule has 96 valence electrons. The van der Waals surface area contributed by atoms with Crippen LogP contribution in [0.1, 0.15) is 33.1 Å². The van der Waals surface area contributed by atoms with Crippen molar-refractivity contribution < 1.29 is 19.0 Å². The van der Waals surface area contributed by atoms with Gasteiger partial charge in [-0.1, -0.05) is 12.2 Å². The molecule has 0 amide bonds. The molecule has 1 saturated carbocycles. The van der Waals surface area contributed by atoms with Crippen LogP contribution in [-0.2, 0) is 19.0 Å². The van der Waals surface area contributed by atoms with Crippen LogP contribution in [0.4, 0.5) is 0 Å². The largest absolute Gasteiger partial charge is 0.465 e. The molecule has 1 atom stereocenters. The molecule has 17 heavy (non-hydrogen) atoms. The maximum atomic E-state index is 12.0. The second-order valence-corrected chi connectivity index (χ2v) is 5.25. The second-order valence-electron chi connectivity index (χ2n) is 4.76. The second kappa shape index (κ2) is 4.63. The highest BCUT2D eigenvalue weighted by Crippen LogP contribution is 2.44. The molecule has 1 aliphatic heterocycles. The molecular weight excluding hydrogens is 240 g/mol. The number of carbonyl (C=O) groups is 1. The molecule has 2 rings (SSSR count). The Bertz CT molecular complexity index is 335. The zero-order valence-electron chi connectivity index (χ0n) is 10.3. The Hall–Kier alpha value is -0.520. The van der Waals surface area contributed by atoms with Gasteiger partial charge in [0.25, 0.3) is 0 Å². The number of esters is 1. The van der Waals surface area contributed by atoms with Gasteiger partial charge in [0.05, 0.1) is 19.8 Å². The minimum atomic E-state index is -0.756. The van der Waals surface area contributed by atoms with Gasteiger partial charge in [0.15, 0.2) is 5.79 Å². The van der Waals surface area contributed by atoms with Crippen LogP contribution in [0.25, 0.3) is 0 Å². The highest BCUT2D eigenvalue weighted by molar-refractivity contribution is 7.80. The van der Waals surface area contributed by atoms with Gasteiger partial charge in [-0.25, -0.2) is 0 Å². The van der Waals surface area contributed by atoms with E-state index in [1.54, 1.807) is 6.92 Å². The van der Waals surface area contributed by atoms with E-state index in [1.807, 2.05) is 6.92 Å². The fourth-order valence-corrected chi connectivity index (χ4v) is 2.78. The van der Waals surface area contributed by atoms with E-state index in [4.69, 9.17) is 26.4 Å². The smallest absolute Gasteiger partial charge is 0.317 e. The molecule has 2 fully saturated rings. The molecular formula is C12H18O4S. The van der Waals surface area contributed by atoms with Gasteiger partial charge in [-0.15, -0.1) is 0 Å². The van der Waals surface area contributed by atoms with Crippen LogP contribution in [0.15, 0.2) is 0 Å². The first kappa shape index (κ1) is 12.9. The molecule has 5 heteroatoms. The Morgan fingerprint density at radius 3 is 2.71 bits per heavy atom. The molecule has 0 radical (unpaired) electrons. The van der Waals surface area contributed by atoms with Crippen molar-refractivity contribution in [3.63, 3.8) is 0 Å². The van der Waals surface area contributed by atoms with E-state index in [2.05, 4.69) is 0 Å². The summed E-state index contributed by atoms with van der Waals surface area (Å²) in [5, 5.41) is 0. The lowest BCUT2D eigenvalue weighted by molar-refractivity contribution is -0.192. The molecule has 0 aromatic heterocycles. The highest BCUT2D eigenvalue weighted by Gasteiger charge is 2.53. The Morgan fingerprint density at radius 2 is 2.12 bits per heavy atom. The van der Waals surface area contributed by atoms with Crippen molar-refractivity contribution in [1.82, 2.24) is 0 Å². The number of carbonyl (C=O) groups excluding carboxylic acids is 1. The summed E-state index contributed by atoms with van der Waals surface area (Å²) >= 11 is 5.34. The summed E-state index contributed by atoms with van der Waals surface area (Å²) in [6.45, 7) is 5.17. The van der Waals surface area contributed by atoms with Crippen LogP contribution in [-0.4, -0.2) is 36.4 Å². The number of ether oxygens (including phenoxy) is 3. The van der Waals surface area contributed by atoms with Crippen molar-refractivity contribution in [2.45, 2.75) is 38.9 Å². The normalized spacial score (nSPS) is 31.8. The predicted octanol–water partition coefficient (Wildman–Crippen LogP) is 1.85. The van der Waals surface area contributed by atoms with Crippen LogP contribution in [0.3, 0.4) is 0 Å². The van der Waals surface area contributed by atoms with Crippen LogP contribution < -0.4 is 0 Å². The summed E-state index contributed by atoms with van der Waals surface area (Å²) in [5.41, 5.74) is -0.756. The molecule has 2 aliphatic rings. The van der Waals surface area contributed by atoms with Crippen molar-refractivity contribution in [2.24, 2.45) is 5.41 Å². The third-order valence-electron chi connectivity index (χ3n) is 3.51. The lowest BCUT2D eigenvalue weighted by atomic mass is 9.72. The molecule has 0 N–H and O–H groups in total. The number of hydrogen-bond donors (Lipinski definition) is 0. The third kappa shape index (κ3) is 2.23. The van der Waals surface area contributed by atoms with E-state index >= 15 is 0 Å². The summed E-state index contributed by atoms with van der Waals surface area (Å²) in [6, 6.07) is 0. The molecule has 1 spiro atoms. The standard InChI is InChI=1S/C12H18O4S/c1-3-14-10(13)11(2)8-12(5-4-9(11)17)15-6-7-16-12/h3-8H2,1-2H3/t11-/m1/s1. The fourth-order valence-electron chi connectivity index (χ4n) is 2.53. The van der Waals surface area contributed by atoms with E-state index < -0.39 is 11.2 Å². The zero-order chi connectivity index (χ0) is 12.5. The van der Waals surface area contributed by atoms with E-state index in [9.17, 15) is 4.79 Å². The first-order valence-corrected chi connectivity index (χ1v) is 6.42. The van der Waals surface area contributed by atoms with Gasteiger partial charge in [-0.05, 0) is 20.3 Å². The minimum Gasteiger partial charge on any atom is -0.465 e. The van der Waals surface area contributed by atoms with Crippen molar-refractivity contribution >= 4 is 23.1 Å². The minimum absolute atomic E-state index is 0.261. The maximum Gasteiger partial charge on any atom is 0.317 e. The number of rotatable bonds is 2. The predicted molar refractivity (Wildman–Crippen MR) is 65.8 cm³/mol. The Morgan fingerprint density at radius 1 is 1.47 bits per heavy atom. The highest BCUT2D eigenvalue weighted by atomic mass is 32.1. The summed E-state index contributed by atoms with van der Waals surface area (Å²) in [5.74, 6) is -0.882. The lowest BCUT2D eigenvalue weighted by Gasteiger charge is -2.41. The van der Waals surface area contributed by atoms with Gasteiger partial charge in [-0.3, -0.25) is 4.79 Å². The van der Waals surface area contributed by atoms with Gasteiger partial charge >= 0.3 is 5.97 Å². The maximum absolute atomic E-state index is 12.0. The molecule has 0 aromatic carbocycles. The summed E-state index contributed by atoms with van der Waals surface area (Å²) in [6.07, 6.45) is 1.88. The topological polar surface area (TPSA) is 44.8 Å². The lowest BCUT2D eigenvalue weighted by Crippen LogP contribution is -2.50. The van der Waals surface area contributed by atoms with Crippen LogP contribution >= 0.6 is 12.2 Å². The van der Waals surface area contributed by atoms with Crippen molar-refractivity contribution in [3.05, 3.63) is 0 Å². The number of thiocarbonyl (C=S) groups is 1. The van der Waals surface area contributed by atoms with Gasteiger partial charge in [0, 0.05) is 17.7 Å². The Balaban J connectivity index is 2.18. The van der Waals surface area contributed by atoms with E-state index in [1.165, 1.54) is 0 Å². The fraction of sp³-hybridized carbons (Fsp3) is 0.833. The molecule has 4 nitrogen and oxygen atoms in total. The van der Waals surface area contributed by atoms with Gasteiger partial charge < -0.3 is 14.2 Å². The Labute approximate surface area is 107 Å². The molecule has 1 saturated heterocycles. The number of hydrogen-bond acceptors (Lipinski definition) is 5. The zero-order valence-corrected chi connectivity index (χ0v) is 11.1. The third-order valence-corrected chi connectivity index (χ3v) is 4.17. The van der Waals surface area contributed by atoms with E-state index in [0.29, 0.717) is 32.7 Å². The SMILES string of the molecule is CCOC(=O)[C@]1(C)CC2(CCC1=S)OCCO2. The van der Waals surface area contributed by atoms with E-state index in [-0.39, 0.29) is 5.97 Å². The first-order valence-electron chi connectivity index (χ1n) is 6.01. The van der Waals surface area contributed by atoms with Crippen molar-refractivity contribution in [2.75, 3.05) is 19.8 Å². The van der Waals surface area contributed by atoms with Crippen LogP contribution in [0.5, 0.6) is 0 Å². The molecule has 1 heterocycles. The van der Waals surface area contributed by atoms with Crippen molar-refractivity contribution in [1.29, 1.82) is 0 Å². The van der Waals surface area contributed by atoms with Crippen LogP contribution in [0, 0.1) is 5.41 Å². The van der Waals surface area contributed by atoms with E-state index in [0.717, 1.165) is 11.3 Å². The average molecular weight is 258 g/mol. The quantitative estimate of drug-likeness (QED) is 0.559. The van der Waals surface area contributed by atoms with Crippen LogP contribution in [0.2, 0.25) is 0 Å². The monoisotopic (exact) mass is 258 g/mol. The summed E-state index contributed by atoms with van der Waals surface area (Å²) in [4.78, 5) is 12.8. The average Bonchev–Trinajstić information content (AvgIpc) is 2.73. The Kier molecular flexibility index (Phi) is 3.52. The summed E-state index contributed by atoms with van der Waals surface area (Å²) in [7, 11) is 0. The molecule has 0 bridgehead atoms. The van der Waals surface area contributed by atoms with Gasteiger partial charge in [-0.2, -0.15) is 0 Å². The van der Waals surface area contributed by atoms with Crippen molar-refractivity contribution in [3.8, 4) is 0 Å². The molecule has 0 aromatic rings.